The fourth-order valence-corrected chi connectivity index (χ4v) is 1.69. The van der Waals surface area contributed by atoms with E-state index in [0.717, 1.165) is 28.1 Å². The highest BCUT2D eigenvalue weighted by Gasteiger charge is 2.06. The number of nitrogen functional groups attached to an aromatic ring is 1. The molecule has 2 rings (SSSR count). The number of aryl methyl sites for hydroxylation is 3. The van der Waals surface area contributed by atoms with E-state index in [-0.39, 0.29) is 0 Å². The molecule has 15 heavy (non-hydrogen) atoms. The highest BCUT2D eigenvalue weighted by atomic mass is 15.2. The molecule has 0 aliphatic carbocycles. The van der Waals surface area contributed by atoms with E-state index in [4.69, 9.17) is 5.73 Å². The van der Waals surface area contributed by atoms with Gasteiger partial charge in [-0.3, -0.25) is 4.68 Å². The van der Waals surface area contributed by atoms with Crippen LogP contribution in [0.4, 0.5) is 5.69 Å². The molecule has 78 valence electrons. The summed E-state index contributed by atoms with van der Waals surface area (Å²) in [6, 6.07) is 6.12. The van der Waals surface area contributed by atoms with Crippen LogP contribution in [0.3, 0.4) is 0 Å². The highest BCUT2D eigenvalue weighted by molar-refractivity contribution is 5.70. The first-order valence-corrected chi connectivity index (χ1v) is 4.94. The summed E-state index contributed by atoms with van der Waals surface area (Å²) in [7, 11) is 1.92. The number of nitrogens with zero attached hydrogens (tertiary/aromatic N) is 2. The van der Waals surface area contributed by atoms with E-state index in [0.29, 0.717) is 0 Å². The van der Waals surface area contributed by atoms with Crippen molar-refractivity contribution in [1.82, 2.24) is 9.78 Å². The molecule has 0 atom stereocenters. The van der Waals surface area contributed by atoms with Gasteiger partial charge in [0.2, 0.25) is 0 Å². The normalized spacial score (nSPS) is 10.6. The third kappa shape index (κ3) is 1.73. The topological polar surface area (TPSA) is 43.8 Å². The van der Waals surface area contributed by atoms with E-state index in [1.54, 1.807) is 0 Å². The lowest BCUT2D eigenvalue weighted by atomic mass is 10.0. The van der Waals surface area contributed by atoms with Crippen LogP contribution in [0, 0.1) is 13.8 Å². The third-order valence-corrected chi connectivity index (χ3v) is 2.60. The minimum atomic E-state index is 0.829. The lowest BCUT2D eigenvalue weighted by molar-refractivity contribution is 0.756. The second kappa shape index (κ2) is 3.42. The van der Waals surface area contributed by atoms with Gasteiger partial charge in [0.15, 0.2) is 0 Å². The summed E-state index contributed by atoms with van der Waals surface area (Å²) in [6.07, 6.45) is 2.01. The summed E-state index contributed by atoms with van der Waals surface area (Å²) in [4.78, 5) is 0. The van der Waals surface area contributed by atoms with Crippen molar-refractivity contribution in [1.29, 1.82) is 0 Å². The minimum Gasteiger partial charge on any atom is -0.398 e. The van der Waals surface area contributed by atoms with Crippen molar-refractivity contribution in [3.8, 4) is 11.1 Å². The van der Waals surface area contributed by atoms with Gasteiger partial charge in [-0.15, -0.1) is 0 Å². The molecule has 0 spiro atoms. The number of rotatable bonds is 1. The van der Waals surface area contributed by atoms with Crippen molar-refractivity contribution in [2.24, 2.45) is 7.05 Å². The van der Waals surface area contributed by atoms with Gasteiger partial charge in [-0.1, -0.05) is 12.1 Å². The van der Waals surface area contributed by atoms with Gasteiger partial charge in [0.25, 0.3) is 0 Å². The predicted octanol–water partition coefficient (Wildman–Crippen LogP) is 2.29. The Balaban J connectivity index is 2.54. The molecule has 1 aromatic heterocycles. The zero-order valence-electron chi connectivity index (χ0n) is 9.28. The SMILES string of the molecule is Cc1ccc(-c2cn(C)nc2C)cc1N. The van der Waals surface area contributed by atoms with Crippen LogP contribution < -0.4 is 5.73 Å². The van der Waals surface area contributed by atoms with Crippen LogP contribution in [-0.2, 0) is 7.05 Å². The van der Waals surface area contributed by atoms with Crippen LogP contribution in [0.5, 0.6) is 0 Å². The fourth-order valence-electron chi connectivity index (χ4n) is 1.69. The Hall–Kier alpha value is -1.77. The quantitative estimate of drug-likeness (QED) is 0.719. The van der Waals surface area contributed by atoms with Crippen molar-refractivity contribution in [2.45, 2.75) is 13.8 Å². The molecule has 2 aromatic rings. The van der Waals surface area contributed by atoms with E-state index in [1.165, 1.54) is 0 Å². The first-order valence-electron chi connectivity index (χ1n) is 4.94. The molecular weight excluding hydrogens is 186 g/mol. The van der Waals surface area contributed by atoms with Gasteiger partial charge in [-0.2, -0.15) is 5.10 Å². The lowest BCUT2D eigenvalue weighted by Gasteiger charge is -2.03. The maximum atomic E-state index is 5.89. The molecule has 0 aliphatic heterocycles. The number of benzene rings is 1. The van der Waals surface area contributed by atoms with Crippen molar-refractivity contribution < 1.29 is 0 Å². The molecule has 0 bridgehead atoms. The Kier molecular flexibility index (Phi) is 2.23. The van der Waals surface area contributed by atoms with Crippen LogP contribution in [0.2, 0.25) is 0 Å². The molecule has 0 saturated carbocycles. The number of anilines is 1. The zero-order valence-corrected chi connectivity index (χ0v) is 9.28. The Bertz CT molecular complexity index is 498. The molecule has 0 fully saturated rings. The average molecular weight is 201 g/mol. The lowest BCUT2D eigenvalue weighted by Crippen LogP contribution is -1.90. The van der Waals surface area contributed by atoms with Gasteiger partial charge in [-0.25, -0.2) is 0 Å². The van der Waals surface area contributed by atoms with Gasteiger partial charge >= 0.3 is 0 Å². The Morgan fingerprint density at radius 3 is 2.53 bits per heavy atom. The number of nitrogens with two attached hydrogens (primary N) is 1. The standard InChI is InChI=1S/C12H15N3/c1-8-4-5-10(6-12(8)13)11-7-15(3)14-9(11)2/h4-7H,13H2,1-3H3. The fraction of sp³-hybridized carbons (Fsp3) is 0.250. The monoisotopic (exact) mass is 201 g/mol. The second-order valence-corrected chi connectivity index (χ2v) is 3.87. The summed E-state index contributed by atoms with van der Waals surface area (Å²) in [5, 5.41) is 4.32. The van der Waals surface area contributed by atoms with Gasteiger partial charge in [0, 0.05) is 24.5 Å². The van der Waals surface area contributed by atoms with E-state index in [9.17, 15) is 0 Å². The van der Waals surface area contributed by atoms with Crippen LogP contribution in [0.15, 0.2) is 24.4 Å². The molecule has 0 saturated heterocycles. The molecule has 3 heteroatoms. The van der Waals surface area contributed by atoms with E-state index in [2.05, 4.69) is 11.2 Å². The van der Waals surface area contributed by atoms with Crippen molar-refractivity contribution in [3.05, 3.63) is 35.7 Å². The van der Waals surface area contributed by atoms with Crippen LogP contribution in [0.1, 0.15) is 11.3 Å². The summed E-state index contributed by atoms with van der Waals surface area (Å²) < 4.78 is 1.82. The molecule has 0 unspecified atom stereocenters. The second-order valence-electron chi connectivity index (χ2n) is 3.87. The van der Waals surface area contributed by atoms with E-state index < -0.39 is 0 Å². The zero-order chi connectivity index (χ0) is 11.0. The first kappa shape index (κ1) is 9.77. The van der Waals surface area contributed by atoms with Crippen molar-refractivity contribution in [2.75, 3.05) is 5.73 Å². The minimum absolute atomic E-state index is 0.829. The first-order chi connectivity index (χ1) is 7.08. The maximum absolute atomic E-state index is 5.89. The Labute approximate surface area is 89.5 Å². The van der Waals surface area contributed by atoms with Crippen LogP contribution >= 0.6 is 0 Å². The number of aromatic nitrogens is 2. The van der Waals surface area contributed by atoms with Crippen LogP contribution in [-0.4, -0.2) is 9.78 Å². The summed E-state index contributed by atoms with van der Waals surface area (Å²) in [6.45, 7) is 4.01. The maximum Gasteiger partial charge on any atom is 0.0671 e. The molecule has 1 heterocycles. The Morgan fingerprint density at radius 2 is 2.00 bits per heavy atom. The molecule has 2 N–H and O–H groups in total. The molecule has 3 nitrogen and oxygen atoms in total. The van der Waals surface area contributed by atoms with Crippen molar-refractivity contribution >= 4 is 5.69 Å². The Morgan fingerprint density at radius 1 is 1.27 bits per heavy atom. The van der Waals surface area contributed by atoms with Gasteiger partial charge < -0.3 is 5.73 Å². The van der Waals surface area contributed by atoms with E-state index in [1.807, 2.05) is 43.9 Å². The predicted molar refractivity (Wildman–Crippen MR) is 62.5 cm³/mol. The van der Waals surface area contributed by atoms with Crippen molar-refractivity contribution in [3.63, 3.8) is 0 Å². The average Bonchev–Trinajstić information content (AvgIpc) is 2.50. The molecule has 0 radical (unpaired) electrons. The van der Waals surface area contributed by atoms with Gasteiger partial charge in [0.05, 0.1) is 5.69 Å². The third-order valence-electron chi connectivity index (χ3n) is 2.60. The smallest absolute Gasteiger partial charge is 0.0671 e. The molecule has 1 aromatic carbocycles. The van der Waals surface area contributed by atoms with Gasteiger partial charge in [-0.05, 0) is 31.0 Å². The molecule has 0 aliphatic rings. The van der Waals surface area contributed by atoms with Gasteiger partial charge in [0.1, 0.15) is 0 Å². The van der Waals surface area contributed by atoms with E-state index >= 15 is 0 Å². The van der Waals surface area contributed by atoms with Crippen LogP contribution in [0.25, 0.3) is 11.1 Å². The summed E-state index contributed by atoms with van der Waals surface area (Å²) in [5.74, 6) is 0. The summed E-state index contributed by atoms with van der Waals surface area (Å²) >= 11 is 0. The number of hydrogen-bond donors (Lipinski definition) is 1. The highest BCUT2D eigenvalue weighted by Crippen LogP contribution is 2.25. The molecule has 0 amide bonds. The molecular formula is C12H15N3. The summed E-state index contributed by atoms with van der Waals surface area (Å²) in [5.41, 5.74) is 11.1. The largest absolute Gasteiger partial charge is 0.398 e. The number of hydrogen-bond acceptors (Lipinski definition) is 2.